The standard InChI is InChI=1S/C28H36ClNO12S/c1-13-9-10-21(14(2)11-13)43-26-25(41-19(7)35)22(30-15(3)31)24(42-28(26,29)27(36)37-8)23(40-18(6)34)20(39-17(5)33)12-38-16(4)32/h9-11,20,22-26H,12H2,1-8H3,(H,30,31)/t20-,22+,23-,24-,25-,26+,28+/m1/s1. The summed E-state index contributed by atoms with van der Waals surface area (Å²) in [5.74, 6) is -4.97. The molecule has 0 unspecified atom stereocenters. The molecule has 1 heterocycles. The molecular formula is C28H36ClNO12S. The van der Waals surface area contributed by atoms with Gasteiger partial charge in [0.2, 0.25) is 5.91 Å². The van der Waals surface area contributed by atoms with Crippen molar-refractivity contribution in [1.29, 1.82) is 0 Å². The second-order valence-electron chi connectivity index (χ2n) is 9.85. The third kappa shape index (κ3) is 9.57. The molecule has 1 aliphatic heterocycles. The molecule has 238 valence electrons. The van der Waals surface area contributed by atoms with Crippen molar-refractivity contribution in [2.75, 3.05) is 13.7 Å². The van der Waals surface area contributed by atoms with E-state index in [2.05, 4.69) is 5.32 Å². The lowest BCUT2D eigenvalue weighted by Gasteiger charge is -2.50. The molecule has 1 aromatic carbocycles. The average Bonchev–Trinajstić information content (AvgIpc) is 2.88. The molecule has 1 saturated heterocycles. The number of benzene rings is 1. The van der Waals surface area contributed by atoms with Crippen molar-refractivity contribution in [3.8, 4) is 0 Å². The van der Waals surface area contributed by atoms with Crippen LogP contribution < -0.4 is 5.32 Å². The molecule has 0 aromatic heterocycles. The van der Waals surface area contributed by atoms with Crippen molar-refractivity contribution in [3.05, 3.63) is 29.3 Å². The summed E-state index contributed by atoms with van der Waals surface area (Å²) in [5, 5.41) is -1.03. The van der Waals surface area contributed by atoms with Gasteiger partial charge in [0.05, 0.1) is 13.2 Å². The highest BCUT2D eigenvalue weighted by Gasteiger charge is 2.63. The van der Waals surface area contributed by atoms with E-state index in [0.29, 0.717) is 4.90 Å². The number of alkyl halides is 1. The maximum Gasteiger partial charge on any atom is 0.355 e. The number of esters is 5. The van der Waals surface area contributed by atoms with Gasteiger partial charge < -0.3 is 33.7 Å². The SMILES string of the molecule is COC(=O)[C@@]1(Cl)O[C@@H]([C@H](OC(C)=O)[C@@H](COC(C)=O)OC(C)=O)[C@H](NC(C)=O)[C@@H](OC(C)=O)[C@@H]1Sc1ccc(C)cc1C. The molecule has 0 spiro atoms. The van der Waals surface area contributed by atoms with Gasteiger partial charge >= 0.3 is 29.8 Å². The Morgan fingerprint density at radius 3 is 2.09 bits per heavy atom. The van der Waals surface area contributed by atoms with E-state index < -0.39 is 83.1 Å². The van der Waals surface area contributed by atoms with Crippen molar-refractivity contribution >= 4 is 59.1 Å². The summed E-state index contributed by atoms with van der Waals surface area (Å²) in [4.78, 5) is 75.0. The number of rotatable bonds is 11. The Morgan fingerprint density at radius 2 is 1.60 bits per heavy atom. The Hall–Kier alpha value is -3.36. The summed E-state index contributed by atoms with van der Waals surface area (Å²) < 4.78 is 32.8. The molecule has 1 aliphatic rings. The smallest absolute Gasteiger partial charge is 0.355 e. The zero-order valence-corrected chi connectivity index (χ0v) is 26.7. The van der Waals surface area contributed by atoms with Crippen molar-refractivity contribution in [3.63, 3.8) is 0 Å². The fourth-order valence-corrected chi connectivity index (χ4v) is 6.36. The van der Waals surface area contributed by atoms with Gasteiger partial charge in [-0.25, -0.2) is 4.79 Å². The summed E-state index contributed by atoms with van der Waals surface area (Å²) in [6.45, 7) is 8.65. The van der Waals surface area contributed by atoms with E-state index in [0.717, 1.165) is 57.7 Å². The van der Waals surface area contributed by atoms with Crippen LogP contribution in [0.4, 0.5) is 0 Å². The van der Waals surface area contributed by atoms with E-state index in [1.54, 1.807) is 6.07 Å². The molecule has 1 fully saturated rings. The van der Waals surface area contributed by atoms with Crippen molar-refractivity contribution in [2.24, 2.45) is 0 Å². The molecule has 0 bridgehead atoms. The fraction of sp³-hybridized carbons (Fsp3) is 0.571. The van der Waals surface area contributed by atoms with Crippen LogP contribution in [0.2, 0.25) is 0 Å². The lowest BCUT2D eigenvalue weighted by Crippen LogP contribution is -2.72. The summed E-state index contributed by atoms with van der Waals surface area (Å²) in [6, 6.07) is 4.16. The minimum absolute atomic E-state index is 0.605. The number of halogens is 1. The van der Waals surface area contributed by atoms with Crippen molar-refractivity contribution < 1.29 is 57.2 Å². The molecule has 43 heavy (non-hydrogen) atoms. The molecule has 1 aromatic rings. The third-order valence-corrected chi connectivity index (χ3v) is 8.33. The lowest BCUT2D eigenvalue weighted by atomic mass is 9.88. The van der Waals surface area contributed by atoms with Crippen LogP contribution in [0.5, 0.6) is 0 Å². The predicted octanol–water partition coefficient (Wildman–Crippen LogP) is 2.13. The van der Waals surface area contributed by atoms with Gasteiger partial charge in [0, 0.05) is 39.5 Å². The van der Waals surface area contributed by atoms with Gasteiger partial charge in [-0.1, -0.05) is 29.3 Å². The maximum absolute atomic E-state index is 13.4. The highest BCUT2D eigenvalue weighted by molar-refractivity contribution is 8.00. The van der Waals surface area contributed by atoms with Crippen molar-refractivity contribution in [1.82, 2.24) is 5.32 Å². The van der Waals surface area contributed by atoms with Gasteiger partial charge in [-0.3, -0.25) is 24.0 Å². The summed E-state index contributed by atoms with van der Waals surface area (Å²) in [7, 11) is 1.07. The molecule has 1 N–H and O–H groups in total. The van der Waals surface area contributed by atoms with E-state index in [1.807, 2.05) is 26.0 Å². The summed E-state index contributed by atoms with van der Waals surface area (Å²) in [6.07, 6.45) is -6.19. The predicted molar refractivity (Wildman–Crippen MR) is 152 cm³/mol. The van der Waals surface area contributed by atoms with Crippen molar-refractivity contribution in [2.45, 2.75) is 94.1 Å². The molecular weight excluding hydrogens is 610 g/mol. The minimum Gasteiger partial charge on any atom is -0.466 e. The quantitative estimate of drug-likeness (QED) is 0.211. The Balaban J connectivity index is 2.84. The van der Waals surface area contributed by atoms with E-state index in [9.17, 15) is 28.8 Å². The Labute approximate surface area is 258 Å². The first-order chi connectivity index (χ1) is 20.0. The first kappa shape index (κ1) is 35.8. The average molecular weight is 646 g/mol. The number of carbonyl (C=O) groups is 6. The molecule has 0 saturated carbocycles. The normalized spacial score (nSPS) is 24.5. The van der Waals surface area contributed by atoms with E-state index >= 15 is 0 Å². The van der Waals surface area contributed by atoms with Crippen LogP contribution >= 0.6 is 23.4 Å². The van der Waals surface area contributed by atoms with Crippen LogP contribution in [-0.2, 0) is 57.2 Å². The van der Waals surface area contributed by atoms with E-state index in [1.165, 1.54) is 6.92 Å². The van der Waals surface area contributed by atoms with Crippen LogP contribution in [-0.4, -0.2) is 90.2 Å². The number of thioether (sulfide) groups is 1. The first-order valence-electron chi connectivity index (χ1n) is 13.1. The fourth-order valence-electron chi connectivity index (χ4n) is 4.59. The number of hydrogen-bond donors (Lipinski definition) is 1. The largest absolute Gasteiger partial charge is 0.466 e. The molecule has 7 atom stereocenters. The Kier molecular flexibility index (Phi) is 12.8. The number of carbonyl (C=O) groups excluding carboxylic acids is 6. The van der Waals surface area contributed by atoms with Crippen LogP contribution in [0.25, 0.3) is 0 Å². The Morgan fingerprint density at radius 1 is 0.977 bits per heavy atom. The molecule has 0 aliphatic carbocycles. The highest BCUT2D eigenvalue weighted by Crippen LogP contribution is 2.47. The summed E-state index contributed by atoms with van der Waals surface area (Å²) >= 11 is 8.01. The second-order valence-corrected chi connectivity index (χ2v) is 11.6. The highest BCUT2D eigenvalue weighted by atomic mass is 35.5. The van der Waals surface area contributed by atoms with Crippen LogP contribution in [0, 0.1) is 13.8 Å². The van der Waals surface area contributed by atoms with Gasteiger partial charge in [0.25, 0.3) is 5.06 Å². The van der Waals surface area contributed by atoms with E-state index in [4.69, 9.17) is 40.0 Å². The van der Waals surface area contributed by atoms with Gasteiger partial charge in [-0.2, -0.15) is 0 Å². The van der Waals surface area contributed by atoms with Crippen LogP contribution in [0.15, 0.2) is 23.1 Å². The molecule has 0 radical (unpaired) electrons. The first-order valence-corrected chi connectivity index (χ1v) is 14.4. The Bertz CT molecular complexity index is 1240. The zero-order chi connectivity index (χ0) is 32.6. The zero-order valence-electron chi connectivity index (χ0n) is 25.1. The number of aryl methyl sites for hydroxylation is 2. The topological polar surface area (TPSA) is 170 Å². The maximum atomic E-state index is 13.4. The van der Waals surface area contributed by atoms with Gasteiger partial charge in [-0.05, 0) is 25.5 Å². The monoisotopic (exact) mass is 645 g/mol. The number of methoxy groups -OCH3 is 1. The van der Waals surface area contributed by atoms with Crippen LogP contribution in [0.3, 0.4) is 0 Å². The van der Waals surface area contributed by atoms with Crippen LogP contribution in [0.1, 0.15) is 45.7 Å². The third-order valence-electron chi connectivity index (χ3n) is 6.16. The van der Waals surface area contributed by atoms with Gasteiger partial charge in [0.15, 0.2) is 12.2 Å². The molecule has 13 nitrogen and oxygen atoms in total. The molecule has 1 amide bonds. The van der Waals surface area contributed by atoms with Gasteiger partial charge in [0.1, 0.15) is 24.1 Å². The number of nitrogens with one attached hydrogen (secondary N) is 1. The lowest BCUT2D eigenvalue weighted by molar-refractivity contribution is -0.223. The number of ether oxygens (including phenoxy) is 6. The molecule has 15 heteroatoms. The minimum atomic E-state index is -2.42. The number of hydrogen-bond acceptors (Lipinski definition) is 13. The van der Waals surface area contributed by atoms with Gasteiger partial charge in [-0.15, -0.1) is 11.8 Å². The molecule has 2 rings (SSSR count). The second kappa shape index (κ2) is 15.4. The number of amides is 1. The summed E-state index contributed by atoms with van der Waals surface area (Å²) in [5.41, 5.74) is 1.77. The van der Waals surface area contributed by atoms with E-state index in [-0.39, 0.29) is 0 Å².